The average Bonchev–Trinajstić information content (AvgIpc) is 3.02. The van der Waals surface area contributed by atoms with Crippen LogP contribution in [0.3, 0.4) is 0 Å². The SMILES string of the molecule is O=C(NC1CCCCCC1)c1ccc(Cn2c(SCc3ccccc3)nc3cccnc32)cc1. The largest absolute Gasteiger partial charge is 0.349 e. The second-order valence-corrected chi connectivity index (χ2v) is 9.90. The number of fused-ring (bicyclic) bond motifs is 1. The number of imidazole rings is 1. The number of thioether (sulfide) groups is 1. The molecule has 0 atom stereocenters. The Hall–Kier alpha value is -3.12. The van der Waals surface area contributed by atoms with Crippen molar-refractivity contribution < 1.29 is 4.79 Å². The summed E-state index contributed by atoms with van der Waals surface area (Å²) >= 11 is 1.72. The molecule has 1 saturated carbocycles. The molecule has 1 amide bonds. The van der Waals surface area contributed by atoms with Gasteiger partial charge in [-0.05, 0) is 48.2 Å². The minimum absolute atomic E-state index is 0.0345. The van der Waals surface area contributed by atoms with Crippen LogP contribution < -0.4 is 5.32 Å². The Labute approximate surface area is 205 Å². The maximum atomic E-state index is 12.8. The maximum absolute atomic E-state index is 12.8. The first-order valence-electron chi connectivity index (χ1n) is 12.1. The zero-order valence-electron chi connectivity index (χ0n) is 19.3. The molecule has 1 aliphatic carbocycles. The predicted molar refractivity (Wildman–Crippen MR) is 138 cm³/mol. The van der Waals surface area contributed by atoms with Crippen molar-refractivity contribution in [1.82, 2.24) is 19.9 Å². The van der Waals surface area contributed by atoms with Gasteiger partial charge in [-0.25, -0.2) is 9.97 Å². The molecule has 0 saturated heterocycles. The molecule has 174 valence electrons. The van der Waals surface area contributed by atoms with Gasteiger partial charge in [0.05, 0.1) is 6.54 Å². The predicted octanol–water partition coefficient (Wildman–Crippen LogP) is 6.22. The summed E-state index contributed by atoms with van der Waals surface area (Å²) in [5, 5.41) is 4.19. The molecule has 2 heterocycles. The monoisotopic (exact) mass is 470 g/mol. The highest BCUT2D eigenvalue weighted by Crippen LogP contribution is 2.27. The second-order valence-electron chi connectivity index (χ2n) is 8.96. The van der Waals surface area contributed by atoms with Crippen LogP contribution in [0.25, 0.3) is 11.2 Å². The number of pyridine rings is 1. The Morgan fingerprint density at radius 3 is 2.44 bits per heavy atom. The molecule has 4 aromatic rings. The van der Waals surface area contributed by atoms with E-state index in [1.807, 2.05) is 48.7 Å². The number of amides is 1. The number of carbonyl (C=O) groups is 1. The molecule has 2 aromatic heterocycles. The van der Waals surface area contributed by atoms with Crippen molar-refractivity contribution in [2.45, 2.75) is 62.0 Å². The molecular formula is C28H30N4OS. The Bertz CT molecular complexity index is 1230. The molecular weight excluding hydrogens is 440 g/mol. The molecule has 0 unspecified atom stereocenters. The first kappa shape index (κ1) is 22.7. The zero-order chi connectivity index (χ0) is 23.2. The Balaban J connectivity index is 1.31. The van der Waals surface area contributed by atoms with E-state index in [0.717, 1.165) is 46.0 Å². The van der Waals surface area contributed by atoms with E-state index >= 15 is 0 Å². The molecule has 5 nitrogen and oxygen atoms in total. The summed E-state index contributed by atoms with van der Waals surface area (Å²) in [6, 6.07) is 22.6. The van der Waals surface area contributed by atoms with Crippen LogP contribution in [0.4, 0.5) is 0 Å². The molecule has 0 bridgehead atoms. The summed E-state index contributed by atoms with van der Waals surface area (Å²) in [6.07, 6.45) is 8.98. The van der Waals surface area contributed by atoms with Gasteiger partial charge < -0.3 is 5.32 Å². The average molecular weight is 471 g/mol. The highest BCUT2D eigenvalue weighted by molar-refractivity contribution is 7.98. The number of rotatable bonds is 7. The van der Waals surface area contributed by atoms with Crippen LogP contribution in [0.1, 0.15) is 60.0 Å². The van der Waals surface area contributed by atoms with E-state index in [2.05, 4.69) is 39.1 Å². The number of hydrogen-bond acceptors (Lipinski definition) is 4. The van der Waals surface area contributed by atoms with Crippen LogP contribution in [0.5, 0.6) is 0 Å². The van der Waals surface area contributed by atoms with Gasteiger partial charge in [-0.1, -0.05) is 79.9 Å². The lowest BCUT2D eigenvalue weighted by molar-refractivity contribution is 0.0933. The van der Waals surface area contributed by atoms with Gasteiger partial charge >= 0.3 is 0 Å². The molecule has 0 aliphatic heterocycles. The highest BCUT2D eigenvalue weighted by atomic mass is 32.2. The number of nitrogens with one attached hydrogen (secondary N) is 1. The number of nitrogens with zero attached hydrogens (tertiary/aromatic N) is 3. The molecule has 6 heteroatoms. The zero-order valence-corrected chi connectivity index (χ0v) is 20.1. The topological polar surface area (TPSA) is 59.8 Å². The van der Waals surface area contributed by atoms with E-state index in [9.17, 15) is 4.79 Å². The molecule has 2 aromatic carbocycles. The fourth-order valence-corrected chi connectivity index (χ4v) is 5.51. The van der Waals surface area contributed by atoms with Crippen molar-refractivity contribution in [3.05, 3.63) is 89.6 Å². The van der Waals surface area contributed by atoms with Gasteiger partial charge in [-0.15, -0.1) is 0 Å². The number of carbonyl (C=O) groups excluding carboxylic acids is 1. The van der Waals surface area contributed by atoms with Crippen LogP contribution >= 0.6 is 11.8 Å². The quantitative estimate of drug-likeness (QED) is 0.257. The van der Waals surface area contributed by atoms with Crippen LogP contribution in [0.15, 0.2) is 78.1 Å². The van der Waals surface area contributed by atoms with Crippen molar-refractivity contribution >= 4 is 28.8 Å². The van der Waals surface area contributed by atoms with Gasteiger partial charge in [0, 0.05) is 23.6 Å². The summed E-state index contributed by atoms with van der Waals surface area (Å²) in [7, 11) is 0. The minimum atomic E-state index is 0.0345. The second kappa shape index (κ2) is 10.9. The Morgan fingerprint density at radius 2 is 1.68 bits per heavy atom. The third kappa shape index (κ3) is 5.50. The Morgan fingerprint density at radius 1 is 0.912 bits per heavy atom. The number of benzene rings is 2. The van der Waals surface area contributed by atoms with Crippen molar-refractivity contribution in [3.8, 4) is 0 Å². The fourth-order valence-electron chi connectivity index (χ4n) is 4.55. The van der Waals surface area contributed by atoms with Crippen LogP contribution in [-0.2, 0) is 12.3 Å². The summed E-state index contributed by atoms with van der Waals surface area (Å²) in [4.78, 5) is 22.2. The normalized spacial score (nSPS) is 14.7. The summed E-state index contributed by atoms with van der Waals surface area (Å²) in [5.41, 5.74) is 4.90. The lowest BCUT2D eigenvalue weighted by Gasteiger charge is -2.16. The van der Waals surface area contributed by atoms with Crippen LogP contribution in [0, 0.1) is 0 Å². The van der Waals surface area contributed by atoms with E-state index in [4.69, 9.17) is 4.98 Å². The number of hydrogen-bond donors (Lipinski definition) is 1. The number of aromatic nitrogens is 3. The molecule has 0 spiro atoms. The minimum Gasteiger partial charge on any atom is -0.349 e. The van der Waals surface area contributed by atoms with E-state index < -0.39 is 0 Å². The molecule has 5 rings (SSSR count). The van der Waals surface area contributed by atoms with Crippen molar-refractivity contribution in [3.63, 3.8) is 0 Å². The molecule has 34 heavy (non-hydrogen) atoms. The molecule has 1 aliphatic rings. The first-order chi connectivity index (χ1) is 16.8. The molecule has 1 N–H and O–H groups in total. The van der Waals surface area contributed by atoms with Crippen molar-refractivity contribution in [2.24, 2.45) is 0 Å². The fraction of sp³-hybridized carbons (Fsp3) is 0.321. The molecule has 1 fully saturated rings. The van der Waals surface area contributed by atoms with E-state index in [1.54, 1.807) is 11.8 Å². The summed E-state index contributed by atoms with van der Waals surface area (Å²) in [6.45, 7) is 0.662. The van der Waals surface area contributed by atoms with Crippen molar-refractivity contribution in [2.75, 3.05) is 0 Å². The van der Waals surface area contributed by atoms with Gasteiger partial charge in [-0.3, -0.25) is 9.36 Å². The lowest BCUT2D eigenvalue weighted by Crippen LogP contribution is -2.34. The standard InChI is InChI=1S/C28H30N4OS/c33-27(30-24-11-6-1-2-7-12-24)23-16-14-21(15-17-23)19-32-26-25(13-8-18-29-26)31-28(32)34-20-22-9-4-3-5-10-22/h3-5,8-10,13-18,24H,1-2,6-7,11-12,19-20H2,(H,30,33). The van der Waals surface area contributed by atoms with E-state index in [1.165, 1.54) is 31.2 Å². The van der Waals surface area contributed by atoms with E-state index in [-0.39, 0.29) is 5.91 Å². The maximum Gasteiger partial charge on any atom is 0.251 e. The first-order valence-corrected chi connectivity index (χ1v) is 13.1. The summed E-state index contributed by atoms with van der Waals surface area (Å²) in [5.74, 6) is 0.886. The lowest BCUT2D eigenvalue weighted by atomic mass is 10.1. The van der Waals surface area contributed by atoms with Gasteiger partial charge in [0.15, 0.2) is 10.8 Å². The van der Waals surface area contributed by atoms with Crippen LogP contribution in [0.2, 0.25) is 0 Å². The highest BCUT2D eigenvalue weighted by Gasteiger charge is 2.16. The smallest absolute Gasteiger partial charge is 0.251 e. The van der Waals surface area contributed by atoms with Gasteiger partial charge in [0.1, 0.15) is 5.52 Å². The summed E-state index contributed by atoms with van der Waals surface area (Å²) < 4.78 is 2.17. The Kier molecular flexibility index (Phi) is 7.25. The van der Waals surface area contributed by atoms with Gasteiger partial charge in [0.25, 0.3) is 5.91 Å². The molecule has 0 radical (unpaired) electrons. The van der Waals surface area contributed by atoms with Crippen molar-refractivity contribution in [1.29, 1.82) is 0 Å². The third-order valence-corrected chi connectivity index (χ3v) is 7.47. The third-order valence-electron chi connectivity index (χ3n) is 6.43. The van der Waals surface area contributed by atoms with Gasteiger partial charge in [-0.2, -0.15) is 0 Å². The van der Waals surface area contributed by atoms with Gasteiger partial charge in [0.2, 0.25) is 0 Å². The van der Waals surface area contributed by atoms with Crippen LogP contribution in [-0.4, -0.2) is 26.5 Å². The van der Waals surface area contributed by atoms with E-state index in [0.29, 0.717) is 12.6 Å².